The molecule has 0 bridgehead atoms. The third-order valence-corrected chi connectivity index (χ3v) is 3.33. The molecule has 0 aromatic heterocycles. The highest BCUT2D eigenvalue weighted by atomic mass is 16.7. The van der Waals surface area contributed by atoms with Crippen LogP contribution in [0.1, 0.15) is 26.7 Å². The van der Waals surface area contributed by atoms with Crippen LogP contribution in [-0.2, 0) is 14.3 Å². The summed E-state index contributed by atoms with van der Waals surface area (Å²) in [7, 11) is 3.25. The predicted molar refractivity (Wildman–Crippen MR) is 49.3 cm³/mol. The lowest BCUT2D eigenvalue weighted by Crippen LogP contribution is -2.57. The van der Waals surface area contributed by atoms with Crippen LogP contribution in [-0.4, -0.2) is 26.3 Å². The van der Waals surface area contributed by atoms with Gasteiger partial charge in [-0.3, -0.25) is 0 Å². The number of carbonyl (C=O) groups excluding carboxylic acids is 1. The first-order chi connectivity index (χ1) is 6.04. The van der Waals surface area contributed by atoms with E-state index in [1.54, 1.807) is 14.2 Å². The van der Waals surface area contributed by atoms with Gasteiger partial charge in [0, 0.05) is 32.5 Å². The molecule has 0 saturated heterocycles. The standard InChI is InChI=1S/C10H18O3/c1-8(2)9(7-11)5-10(6-9,12-3)13-4/h7-8H,5-6H2,1-4H3. The Morgan fingerprint density at radius 3 is 1.92 bits per heavy atom. The van der Waals surface area contributed by atoms with Gasteiger partial charge in [-0.25, -0.2) is 0 Å². The fourth-order valence-corrected chi connectivity index (χ4v) is 1.95. The van der Waals surface area contributed by atoms with Crippen molar-refractivity contribution in [3.8, 4) is 0 Å². The van der Waals surface area contributed by atoms with Crippen molar-refractivity contribution in [1.82, 2.24) is 0 Å². The molecule has 0 aliphatic heterocycles. The zero-order valence-corrected chi connectivity index (χ0v) is 8.79. The summed E-state index contributed by atoms with van der Waals surface area (Å²) < 4.78 is 10.5. The number of rotatable bonds is 4. The van der Waals surface area contributed by atoms with E-state index in [-0.39, 0.29) is 5.41 Å². The molecule has 76 valence electrons. The van der Waals surface area contributed by atoms with E-state index in [4.69, 9.17) is 9.47 Å². The Kier molecular flexibility index (Phi) is 2.78. The highest BCUT2D eigenvalue weighted by Crippen LogP contribution is 2.53. The number of methoxy groups -OCH3 is 2. The van der Waals surface area contributed by atoms with Crippen LogP contribution < -0.4 is 0 Å². The van der Waals surface area contributed by atoms with Gasteiger partial charge in [0.1, 0.15) is 6.29 Å². The molecule has 0 radical (unpaired) electrons. The van der Waals surface area contributed by atoms with Crippen molar-refractivity contribution in [3.05, 3.63) is 0 Å². The summed E-state index contributed by atoms with van der Waals surface area (Å²) in [6, 6.07) is 0. The highest BCUT2D eigenvalue weighted by molar-refractivity contribution is 5.62. The first-order valence-corrected chi connectivity index (χ1v) is 4.61. The van der Waals surface area contributed by atoms with E-state index in [1.165, 1.54) is 0 Å². The van der Waals surface area contributed by atoms with Gasteiger partial charge in [0.25, 0.3) is 0 Å². The van der Waals surface area contributed by atoms with Gasteiger partial charge in [0.05, 0.1) is 0 Å². The van der Waals surface area contributed by atoms with Gasteiger partial charge in [-0.15, -0.1) is 0 Å². The molecule has 0 amide bonds. The van der Waals surface area contributed by atoms with Crippen molar-refractivity contribution in [3.63, 3.8) is 0 Å². The Morgan fingerprint density at radius 1 is 1.23 bits per heavy atom. The highest BCUT2D eigenvalue weighted by Gasteiger charge is 2.57. The Morgan fingerprint density at radius 2 is 1.69 bits per heavy atom. The Bertz CT molecular complexity index is 186. The molecule has 0 N–H and O–H groups in total. The molecule has 1 fully saturated rings. The van der Waals surface area contributed by atoms with Crippen LogP contribution in [0.15, 0.2) is 0 Å². The molecule has 0 heterocycles. The second-order valence-electron chi connectivity index (χ2n) is 4.18. The van der Waals surface area contributed by atoms with Crippen LogP contribution in [0.2, 0.25) is 0 Å². The molecule has 0 unspecified atom stereocenters. The molecule has 0 aromatic carbocycles. The van der Waals surface area contributed by atoms with Crippen LogP contribution in [0.25, 0.3) is 0 Å². The summed E-state index contributed by atoms with van der Waals surface area (Å²) >= 11 is 0. The molecular weight excluding hydrogens is 168 g/mol. The van der Waals surface area contributed by atoms with Crippen LogP contribution in [0.4, 0.5) is 0 Å². The molecule has 0 aromatic rings. The maximum absolute atomic E-state index is 11.0. The normalized spacial score (nSPS) is 24.1. The van der Waals surface area contributed by atoms with Crippen LogP contribution in [0.3, 0.4) is 0 Å². The number of aldehydes is 1. The molecule has 1 rings (SSSR count). The van der Waals surface area contributed by atoms with Crippen LogP contribution in [0, 0.1) is 11.3 Å². The average Bonchev–Trinajstić information content (AvgIpc) is 2.05. The topological polar surface area (TPSA) is 35.5 Å². The lowest BCUT2D eigenvalue weighted by molar-refractivity contribution is -0.294. The van der Waals surface area contributed by atoms with Crippen molar-refractivity contribution >= 4 is 6.29 Å². The van der Waals surface area contributed by atoms with Crippen molar-refractivity contribution in [2.45, 2.75) is 32.5 Å². The average molecular weight is 186 g/mol. The molecule has 1 aliphatic rings. The molecular formula is C10H18O3. The van der Waals surface area contributed by atoms with Crippen molar-refractivity contribution < 1.29 is 14.3 Å². The summed E-state index contributed by atoms with van der Waals surface area (Å²) in [6.45, 7) is 4.12. The minimum atomic E-state index is -0.509. The van der Waals surface area contributed by atoms with E-state index in [0.29, 0.717) is 18.8 Å². The lowest BCUT2D eigenvalue weighted by Gasteiger charge is -2.53. The van der Waals surface area contributed by atoms with Crippen molar-refractivity contribution in [2.24, 2.45) is 11.3 Å². The predicted octanol–water partition coefficient (Wildman–Crippen LogP) is 1.61. The molecule has 0 spiro atoms. The number of hydrogen-bond acceptors (Lipinski definition) is 3. The molecule has 1 aliphatic carbocycles. The quantitative estimate of drug-likeness (QED) is 0.494. The number of ether oxygens (including phenoxy) is 2. The largest absolute Gasteiger partial charge is 0.353 e. The Balaban J connectivity index is 2.67. The molecule has 0 atom stereocenters. The summed E-state index contributed by atoms with van der Waals surface area (Å²) in [6.07, 6.45) is 2.40. The lowest BCUT2D eigenvalue weighted by atomic mass is 9.59. The third-order valence-electron chi connectivity index (χ3n) is 3.33. The third kappa shape index (κ3) is 1.51. The van der Waals surface area contributed by atoms with Gasteiger partial charge < -0.3 is 14.3 Å². The fourth-order valence-electron chi connectivity index (χ4n) is 1.95. The second-order valence-corrected chi connectivity index (χ2v) is 4.18. The van der Waals surface area contributed by atoms with Gasteiger partial charge in [-0.05, 0) is 5.92 Å². The number of carbonyl (C=O) groups is 1. The molecule has 3 nitrogen and oxygen atoms in total. The maximum Gasteiger partial charge on any atom is 0.169 e. The van der Waals surface area contributed by atoms with Crippen LogP contribution >= 0.6 is 0 Å². The van der Waals surface area contributed by atoms with E-state index >= 15 is 0 Å². The Labute approximate surface area is 79.4 Å². The van der Waals surface area contributed by atoms with Gasteiger partial charge in [-0.2, -0.15) is 0 Å². The first kappa shape index (κ1) is 10.7. The smallest absolute Gasteiger partial charge is 0.169 e. The minimum Gasteiger partial charge on any atom is -0.353 e. The van der Waals surface area contributed by atoms with E-state index in [0.717, 1.165) is 6.29 Å². The van der Waals surface area contributed by atoms with Gasteiger partial charge >= 0.3 is 0 Å². The van der Waals surface area contributed by atoms with E-state index in [9.17, 15) is 4.79 Å². The zero-order chi connectivity index (χ0) is 10.1. The van der Waals surface area contributed by atoms with Gasteiger partial charge in [-0.1, -0.05) is 13.8 Å². The SMILES string of the molecule is COC1(OC)CC(C=O)(C(C)C)C1. The monoisotopic (exact) mass is 186 g/mol. The number of hydrogen-bond donors (Lipinski definition) is 0. The summed E-state index contributed by atoms with van der Waals surface area (Å²) in [5.41, 5.74) is -0.230. The summed E-state index contributed by atoms with van der Waals surface area (Å²) in [4.78, 5) is 11.0. The molecule has 13 heavy (non-hydrogen) atoms. The second kappa shape index (κ2) is 3.39. The minimum absolute atomic E-state index is 0.230. The summed E-state index contributed by atoms with van der Waals surface area (Å²) in [5, 5.41) is 0. The van der Waals surface area contributed by atoms with E-state index < -0.39 is 5.79 Å². The van der Waals surface area contributed by atoms with E-state index in [2.05, 4.69) is 13.8 Å². The summed E-state index contributed by atoms with van der Waals surface area (Å²) in [5.74, 6) is -0.158. The zero-order valence-electron chi connectivity index (χ0n) is 8.79. The van der Waals surface area contributed by atoms with E-state index in [1.807, 2.05) is 0 Å². The van der Waals surface area contributed by atoms with Gasteiger partial charge in [0.2, 0.25) is 0 Å². The van der Waals surface area contributed by atoms with Gasteiger partial charge in [0.15, 0.2) is 5.79 Å². The van der Waals surface area contributed by atoms with Crippen molar-refractivity contribution in [2.75, 3.05) is 14.2 Å². The van der Waals surface area contributed by atoms with Crippen molar-refractivity contribution in [1.29, 1.82) is 0 Å². The Hall–Kier alpha value is -0.410. The van der Waals surface area contributed by atoms with Crippen LogP contribution in [0.5, 0.6) is 0 Å². The first-order valence-electron chi connectivity index (χ1n) is 4.61. The maximum atomic E-state index is 11.0. The molecule has 1 saturated carbocycles. The fraction of sp³-hybridized carbons (Fsp3) is 0.900. The molecule has 3 heteroatoms.